The summed E-state index contributed by atoms with van der Waals surface area (Å²) < 4.78 is 7.71. The first-order valence-corrected chi connectivity index (χ1v) is 9.10. The van der Waals surface area contributed by atoms with Crippen LogP contribution in [0.25, 0.3) is 11.0 Å². The van der Waals surface area contributed by atoms with Crippen molar-refractivity contribution in [2.45, 2.75) is 18.9 Å². The molecule has 1 N–H and O–H groups in total. The molecule has 1 saturated heterocycles. The molecule has 25 heavy (non-hydrogen) atoms. The van der Waals surface area contributed by atoms with Gasteiger partial charge in [-0.1, -0.05) is 42.5 Å². The number of ether oxygens (including phenoxy) is 1. The largest absolute Gasteiger partial charge is 0.381 e. The number of hydrogen-bond donors (Lipinski definition) is 1. The van der Waals surface area contributed by atoms with Gasteiger partial charge in [0.1, 0.15) is 5.82 Å². The summed E-state index contributed by atoms with van der Waals surface area (Å²) >= 11 is 0. The molecule has 1 aliphatic heterocycles. The second kappa shape index (κ2) is 7.38. The highest BCUT2D eigenvalue weighted by Crippen LogP contribution is 2.25. The summed E-state index contributed by atoms with van der Waals surface area (Å²) in [5.41, 5.74) is 3.47. The van der Waals surface area contributed by atoms with Gasteiger partial charge in [0.15, 0.2) is 0 Å². The number of nitrogens with zero attached hydrogens (tertiary/aromatic N) is 2. The number of hydrogen-bond acceptors (Lipinski definition) is 3. The normalized spacial score (nSPS) is 18.7. The summed E-state index contributed by atoms with van der Waals surface area (Å²) in [7, 11) is 2.10. The van der Waals surface area contributed by atoms with Crippen LogP contribution in [-0.2, 0) is 11.8 Å². The molecular weight excluding hydrogens is 310 g/mol. The molecule has 4 rings (SSSR count). The van der Waals surface area contributed by atoms with Crippen molar-refractivity contribution in [2.75, 3.05) is 19.8 Å². The monoisotopic (exact) mass is 335 g/mol. The number of benzene rings is 2. The van der Waals surface area contributed by atoms with Gasteiger partial charge in [-0.25, -0.2) is 4.98 Å². The fourth-order valence-corrected chi connectivity index (χ4v) is 3.67. The lowest BCUT2D eigenvalue weighted by atomic mass is 10.0. The van der Waals surface area contributed by atoms with Crippen molar-refractivity contribution >= 4 is 11.0 Å². The minimum atomic E-state index is 0.0981. The first kappa shape index (κ1) is 16.3. The van der Waals surface area contributed by atoms with Crippen LogP contribution in [0.4, 0.5) is 0 Å². The van der Waals surface area contributed by atoms with Crippen LogP contribution < -0.4 is 5.32 Å². The number of para-hydroxylation sites is 2. The molecule has 1 aromatic heterocycles. The third kappa shape index (κ3) is 3.46. The molecule has 2 unspecified atom stereocenters. The van der Waals surface area contributed by atoms with Gasteiger partial charge < -0.3 is 14.6 Å². The van der Waals surface area contributed by atoms with Crippen LogP contribution in [0.1, 0.15) is 30.3 Å². The van der Waals surface area contributed by atoms with Crippen molar-refractivity contribution in [3.05, 3.63) is 66.0 Å². The minimum Gasteiger partial charge on any atom is -0.381 e. The lowest BCUT2D eigenvalue weighted by Crippen LogP contribution is -2.27. The van der Waals surface area contributed by atoms with Crippen LogP contribution >= 0.6 is 0 Å². The molecule has 2 aromatic carbocycles. The predicted octanol–water partition coefficient (Wildman–Crippen LogP) is 3.68. The molecule has 3 aromatic rings. The van der Waals surface area contributed by atoms with Crippen molar-refractivity contribution in [3.8, 4) is 0 Å². The van der Waals surface area contributed by atoms with Gasteiger partial charge in [-0.05, 0) is 43.0 Å². The molecule has 0 radical (unpaired) electrons. The van der Waals surface area contributed by atoms with Crippen LogP contribution in [0.3, 0.4) is 0 Å². The molecule has 0 spiro atoms. The van der Waals surface area contributed by atoms with E-state index in [0.29, 0.717) is 5.92 Å². The summed E-state index contributed by atoms with van der Waals surface area (Å²) in [5, 5.41) is 3.74. The van der Waals surface area contributed by atoms with Crippen molar-refractivity contribution in [1.82, 2.24) is 14.9 Å². The Morgan fingerprint density at radius 1 is 1.16 bits per heavy atom. The molecule has 0 bridgehead atoms. The van der Waals surface area contributed by atoms with Crippen LogP contribution in [0.5, 0.6) is 0 Å². The van der Waals surface area contributed by atoms with E-state index in [1.165, 1.54) is 17.5 Å². The van der Waals surface area contributed by atoms with Crippen molar-refractivity contribution < 1.29 is 4.74 Å². The van der Waals surface area contributed by atoms with E-state index < -0.39 is 0 Å². The molecule has 2 heterocycles. The molecule has 1 aliphatic rings. The van der Waals surface area contributed by atoms with Gasteiger partial charge in [0.25, 0.3) is 0 Å². The number of fused-ring (bicyclic) bond motifs is 1. The molecule has 0 saturated carbocycles. The zero-order valence-corrected chi connectivity index (χ0v) is 14.7. The minimum absolute atomic E-state index is 0.0981. The van der Waals surface area contributed by atoms with E-state index in [2.05, 4.69) is 65.5 Å². The topological polar surface area (TPSA) is 39.1 Å². The molecule has 4 nitrogen and oxygen atoms in total. The van der Waals surface area contributed by atoms with E-state index in [0.717, 1.165) is 37.5 Å². The van der Waals surface area contributed by atoms with Gasteiger partial charge in [0.2, 0.25) is 0 Å². The number of aryl methyl sites for hydroxylation is 1. The Bertz CT molecular complexity index is 822. The van der Waals surface area contributed by atoms with Gasteiger partial charge in [-0.15, -0.1) is 0 Å². The highest BCUT2D eigenvalue weighted by Gasteiger charge is 2.21. The Labute approximate surface area is 148 Å². The maximum absolute atomic E-state index is 5.50. The van der Waals surface area contributed by atoms with E-state index in [1.54, 1.807) is 0 Å². The molecule has 130 valence electrons. The van der Waals surface area contributed by atoms with Crippen LogP contribution in [0, 0.1) is 5.92 Å². The van der Waals surface area contributed by atoms with E-state index in [1.807, 2.05) is 6.07 Å². The van der Waals surface area contributed by atoms with Crippen molar-refractivity contribution in [3.63, 3.8) is 0 Å². The van der Waals surface area contributed by atoms with Gasteiger partial charge in [-0.3, -0.25) is 0 Å². The van der Waals surface area contributed by atoms with Gasteiger partial charge in [0, 0.05) is 20.3 Å². The van der Waals surface area contributed by atoms with E-state index in [4.69, 9.17) is 9.72 Å². The standard InChI is InChI=1S/C21H25N3O/c1-24-19-10-6-5-9-18(19)23-21(24)20(17-7-3-2-4-8-17)22-13-11-16-12-14-25-15-16/h2-10,16,20,22H,11-15H2,1H3. The molecule has 4 heteroatoms. The summed E-state index contributed by atoms with van der Waals surface area (Å²) in [4.78, 5) is 4.92. The maximum Gasteiger partial charge on any atom is 0.131 e. The second-order valence-electron chi connectivity index (χ2n) is 6.83. The SMILES string of the molecule is Cn1c(C(NCCC2CCOC2)c2ccccc2)nc2ccccc21. The average molecular weight is 335 g/mol. The Kier molecular flexibility index (Phi) is 4.81. The summed E-state index contributed by atoms with van der Waals surface area (Å²) in [6.45, 7) is 2.79. The Hall–Kier alpha value is -2.17. The van der Waals surface area contributed by atoms with Crippen LogP contribution in [0.2, 0.25) is 0 Å². The summed E-state index contributed by atoms with van der Waals surface area (Å²) in [6.07, 6.45) is 2.33. The molecule has 0 amide bonds. The van der Waals surface area contributed by atoms with Crippen LogP contribution in [0.15, 0.2) is 54.6 Å². The van der Waals surface area contributed by atoms with E-state index in [-0.39, 0.29) is 6.04 Å². The summed E-state index contributed by atoms with van der Waals surface area (Å²) in [6, 6.07) is 19.0. The molecule has 2 atom stereocenters. The number of imidazole rings is 1. The molecular formula is C21H25N3O. The lowest BCUT2D eigenvalue weighted by Gasteiger charge is -2.20. The smallest absolute Gasteiger partial charge is 0.131 e. The fourth-order valence-electron chi connectivity index (χ4n) is 3.67. The molecule has 1 fully saturated rings. The zero-order valence-electron chi connectivity index (χ0n) is 14.7. The Balaban J connectivity index is 1.61. The Morgan fingerprint density at radius 2 is 1.96 bits per heavy atom. The fraction of sp³-hybridized carbons (Fsp3) is 0.381. The first-order valence-electron chi connectivity index (χ1n) is 9.10. The number of rotatable bonds is 6. The summed E-state index contributed by atoms with van der Waals surface area (Å²) in [5.74, 6) is 1.75. The number of nitrogens with one attached hydrogen (secondary N) is 1. The quantitative estimate of drug-likeness (QED) is 0.747. The van der Waals surface area contributed by atoms with Gasteiger partial charge in [-0.2, -0.15) is 0 Å². The van der Waals surface area contributed by atoms with Crippen molar-refractivity contribution in [1.29, 1.82) is 0 Å². The first-order chi connectivity index (χ1) is 12.3. The average Bonchev–Trinajstić information content (AvgIpc) is 3.28. The Morgan fingerprint density at radius 3 is 2.72 bits per heavy atom. The van der Waals surface area contributed by atoms with Crippen molar-refractivity contribution in [2.24, 2.45) is 13.0 Å². The van der Waals surface area contributed by atoms with E-state index >= 15 is 0 Å². The second-order valence-corrected chi connectivity index (χ2v) is 6.83. The lowest BCUT2D eigenvalue weighted by molar-refractivity contribution is 0.184. The predicted molar refractivity (Wildman–Crippen MR) is 101 cm³/mol. The van der Waals surface area contributed by atoms with Crippen LogP contribution in [-0.4, -0.2) is 29.3 Å². The highest BCUT2D eigenvalue weighted by atomic mass is 16.5. The van der Waals surface area contributed by atoms with E-state index in [9.17, 15) is 0 Å². The third-order valence-corrected chi connectivity index (χ3v) is 5.14. The molecule has 0 aliphatic carbocycles. The zero-order chi connectivity index (χ0) is 17.1. The highest BCUT2D eigenvalue weighted by molar-refractivity contribution is 5.76. The number of aromatic nitrogens is 2. The third-order valence-electron chi connectivity index (χ3n) is 5.14. The van der Waals surface area contributed by atoms with Gasteiger partial charge in [0.05, 0.1) is 17.1 Å². The maximum atomic E-state index is 5.50. The van der Waals surface area contributed by atoms with Gasteiger partial charge >= 0.3 is 0 Å².